The Labute approximate surface area is 97.2 Å². The van der Waals surface area contributed by atoms with E-state index in [1.165, 1.54) is 5.56 Å². The molecule has 3 heteroatoms. The van der Waals surface area contributed by atoms with Gasteiger partial charge in [-0.3, -0.25) is 0 Å². The first kappa shape index (κ1) is 11.7. The van der Waals surface area contributed by atoms with Crippen molar-refractivity contribution in [1.29, 1.82) is 0 Å². The summed E-state index contributed by atoms with van der Waals surface area (Å²) in [6.45, 7) is 8.28. The van der Waals surface area contributed by atoms with Crippen molar-refractivity contribution < 1.29 is 9.15 Å². The summed E-state index contributed by atoms with van der Waals surface area (Å²) >= 11 is 0. The lowest BCUT2D eigenvalue weighted by atomic mass is 9.64. The molecule has 0 amide bonds. The van der Waals surface area contributed by atoms with Gasteiger partial charge in [-0.2, -0.15) is 0 Å². The van der Waals surface area contributed by atoms with Crippen molar-refractivity contribution in [2.24, 2.45) is 5.41 Å². The molecular formula is C13H21NO2. The van der Waals surface area contributed by atoms with Crippen molar-refractivity contribution in [2.75, 3.05) is 6.61 Å². The van der Waals surface area contributed by atoms with Gasteiger partial charge >= 0.3 is 0 Å². The molecule has 1 aliphatic carbocycles. The summed E-state index contributed by atoms with van der Waals surface area (Å²) in [6, 6.07) is 2.54. The zero-order valence-corrected chi connectivity index (χ0v) is 10.3. The maximum absolute atomic E-state index is 5.70. The lowest BCUT2D eigenvalue weighted by Gasteiger charge is -2.51. The van der Waals surface area contributed by atoms with Crippen molar-refractivity contribution >= 4 is 0 Å². The molecule has 0 bridgehead atoms. The predicted molar refractivity (Wildman–Crippen MR) is 63.1 cm³/mol. The van der Waals surface area contributed by atoms with E-state index >= 15 is 0 Å². The van der Waals surface area contributed by atoms with Crippen LogP contribution in [-0.2, 0) is 11.3 Å². The van der Waals surface area contributed by atoms with Crippen molar-refractivity contribution in [1.82, 2.24) is 5.32 Å². The third-order valence-electron chi connectivity index (χ3n) is 3.68. The quantitative estimate of drug-likeness (QED) is 0.833. The summed E-state index contributed by atoms with van der Waals surface area (Å²) in [5, 5.41) is 3.56. The molecule has 0 saturated heterocycles. The van der Waals surface area contributed by atoms with E-state index in [1.54, 1.807) is 12.5 Å². The minimum absolute atomic E-state index is 0.236. The molecule has 2 atom stereocenters. The normalized spacial score (nSPS) is 27.7. The summed E-state index contributed by atoms with van der Waals surface area (Å²) in [5.41, 5.74) is 1.44. The molecule has 1 heterocycles. The van der Waals surface area contributed by atoms with Gasteiger partial charge in [0.15, 0.2) is 0 Å². The minimum Gasteiger partial charge on any atom is -0.472 e. The number of nitrogens with one attached hydrogen (secondary N) is 1. The first-order chi connectivity index (χ1) is 7.64. The van der Waals surface area contributed by atoms with Crippen LogP contribution in [0.5, 0.6) is 0 Å². The lowest BCUT2D eigenvalue weighted by Crippen LogP contribution is -2.60. The van der Waals surface area contributed by atoms with E-state index in [0.717, 1.165) is 19.6 Å². The molecule has 0 radical (unpaired) electrons. The van der Waals surface area contributed by atoms with Crippen LogP contribution in [0.15, 0.2) is 23.0 Å². The first-order valence-corrected chi connectivity index (χ1v) is 6.00. The average Bonchev–Trinajstić information content (AvgIpc) is 2.75. The molecule has 0 aromatic carbocycles. The zero-order chi connectivity index (χ0) is 11.6. The number of hydrogen-bond acceptors (Lipinski definition) is 3. The fourth-order valence-electron chi connectivity index (χ4n) is 2.35. The fourth-order valence-corrected chi connectivity index (χ4v) is 2.35. The second-order valence-electron chi connectivity index (χ2n) is 5.07. The smallest absolute Gasteiger partial charge is 0.0947 e. The van der Waals surface area contributed by atoms with E-state index in [1.807, 2.05) is 6.07 Å². The second kappa shape index (κ2) is 4.60. The maximum Gasteiger partial charge on any atom is 0.0947 e. The Morgan fingerprint density at radius 3 is 2.94 bits per heavy atom. The van der Waals surface area contributed by atoms with E-state index in [9.17, 15) is 0 Å². The Hall–Kier alpha value is -0.800. The van der Waals surface area contributed by atoms with Gasteiger partial charge in [0.25, 0.3) is 0 Å². The maximum atomic E-state index is 5.70. The van der Waals surface area contributed by atoms with Crippen LogP contribution in [0.25, 0.3) is 0 Å². The summed E-state index contributed by atoms with van der Waals surface area (Å²) < 4.78 is 10.7. The van der Waals surface area contributed by atoms with Crippen LogP contribution in [0.4, 0.5) is 0 Å². The van der Waals surface area contributed by atoms with Crippen LogP contribution in [0.3, 0.4) is 0 Å². The minimum atomic E-state index is 0.236. The van der Waals surface area contributed by atoms with Gasteiger partial charge in [-0.15, -0.1) is 0 Å². The van der Waals surface area contributed by atoms with Gasteiger partial charge < -0.3 is 14.5 Å². The Morgan fingerprint density at radius 1 is 1.56 bits per heavy atom. The molecule has 16 heavy (non-hydrogen) atoms. The van der Waals surface area contributed by atoms with Gasteiger partial charge in [-0.1, -0.05) is 13.8 Å². The average molecular weight is 223 g/mol. The highest BCUT2D eigenvalue weighted by molar-refractivity contribution is 5.08. The van der Waals surface area contributed by atoms with Crippen LogP contribution in [0.2, 0.25) is 0 Å². The van der Waals surface area contributed by atoms with Crippen molar-refractivity contribution in [3.63, 3.8) is 0 Å². The van der Waals surface area contributed by atoms with Gasteiger partial charge in [0.05, 0.1) is 18.6 Å². The van der Waals surface area contributed by atoms with E-state index in [4.69, 9.17) is 9.15 Å². The first-order valence-electron chi connectivity index (χ1n) is 6.00. The molecule has 1 aromatic rings. The molecule has 0 aliphatic heterocycles. The Morgan fingerprint density at radius 2 is 2.38 bits per heavy atom. The van der Waals surface area contributed by atoms with E-state index in [0.29, 0.717) is 12.1 Å². The molecular weight excluding hydrogens is 202 g/mol. The van der Waals surface area contributed by atoms with Crippen molar-refractivity contribution in [3.8, 4) is 0 Å². The molecule has 2 rings (SSSR count). The standard InChI is InChI=1S/C13H21NO2/c1-4-16-12-7-11(13(12,2)3)14-8-10-5-6-15-9-10/h5-6,9,11-12,14H,4,7-8H2,1-3H3. The third kappa shape index (κ3) is 2.15. The molecule has 1 aromatic heterocycles. The third-order valence-corrected chi connectivity index (χ3v) is 3.68. The summed E-state index contributed by atoms with van der Waals surface area (Å²) in [4.78, 5) is 0. The highest BCUT2D eigenvalue weighted by atomic mass is 16.5. The van der Waals surface area contributed by atoms with Gasteiger partial charge in [0.2, 0.25) is 0 Å². The second-order valence-corrected chi connectivity index (χ2v) is 5.07. The number of ether oxygens (including phenoxy) is 1. The van der Waals surface area contributed by atoms with Gasteiger partial charge in [-0.05, 0) is 19.4 Å². The predicted octanol–water partition coefficient (Wildman–Crippen LogP) is 2.57. The molecule has 2 unspecified atom stereocenters. The number of hydrogen-bond donors (Lipinski definition) is 1. The summed E-state index contributed by atoms with van der Waals surface area (Å²) in [5.74, 6) is 0. The number of rotatable bonds is 5. The van der Waals surface area contributed by atoms with E-state index in [2.05, 4.69) is 26.1 Å². The Balaban J connectivity index is 1.80. The topological polar surface area (TPSA) is 34.4 Å². The van der Waals surface area contributed by atoms with Gasteiger partial charge in [-0.25, -0.2) is 0 Å². The largest absolute Gasteiger partial charge is 0.472 e. The summed E-state index contributed by atoms with van der Waals surface area (Å²) in [7, 11) is 0. The van der Waals surface area contributed by atoms with E-state index < -0.39 is 0 Å². The van der Waals surface area contributed by atoms with E-state index in [-0.39, 0.29) is 5.41 Å². The molecule has 1 N–H and O–H groups in total. The highest BCUT2D eigenvalue weighted by Crippen LogP contribution is 2.42. The van der Waals surface area contributed by atoms with Gasteiger partial charge in [0.1, 0.15) is 0 Å². The molecule has 1 aliphatic rings. The number of furan rings is 1. The van der Waals surface area contributed by atoms with Crippen LogP contribution in [0, 0.1) is 5.41 Å². The van der Waals surface area contributed by atoms with Crippen LogP contribution < -0.4 is 5.32 Å². The molecule has 0 spiro atoms. The lowest BCUT2D eigenvalue weighted by molar-refractivity contribution is -0.114. The molecule has 1 fully saturated rings. The van der Waals surface area contributed by atoms with Crippen molar-refractivity contribution in [3.05, 3.63) is 24.2 Å². The summed E-state index contributed by atoms with van der Waals surface area (Å²) in [6.07, 6.45) is 5.02. The van der Waals surface area contributed by atoms with Gasteiger partial charge in [0, 0.05) is 30.2 Å². The Bertz CT molecular complexity index is 319. The van der Waals surface area contributed by atoms with Crippen molar-refractivity contribution in [2.45, 2.75) is 45.9 Å². The zero-order valence-electron chi connectivity index (χ0n) is 10.3. The SMILES string of the molecule is CCOC1CC(NCc2ccoc2)C1(C)C. The van der Waals surface area contributed by atoms with Crippen LogP contribution in [-0.4, -0.2) is 18.8 Å². The van der Waals surface area contributed by atoms with Crippen LogP contribution in [0.1, 0.15) is 32.8 Å². The molecule has 1 saturated carbocycles. The fraction of sp³-hybridized carbons (Fsp3) is 0.692. The molecule has 90 valence electrons. The molecule has 3 nitrogen and oxygen atoms in total. The Kier molecular flexibility index (Phi) is 3.36. The van der Waals surface area contributed by atoms with Crippen LogP contribution >= 0.6 is 0 Å². The monoisotopic (exact) mass is 223 g/mol. The highest BCUT2D eigenvalue weighted by Gasteiger charge is 2.48.